The Balaban J connectivity index is 2.08. The Bertz CT molecular complexity index is 630. The number of benzene rings is 1. The van der Waals surface area contributed by atoms with E-state index in [4.69, 9.17) is 0 Å². The van der Waals surface area contributed by atoms with E-state index in [0.717, 1.165) is 31.7 Å². The lowest BCUT2D eigenvalue weighted by molar-refractivity contribution is 0.0787. The van der Waals surface area contributed by atoms with Gasteiger partial charge in [-0.05, 0) is 12.0 Å². The van der Waals surface area contributed by atoms with Crippen LogP contribution in [0, 0.1) is 0 Å². The molecule has 0 N–H and O–H groups in total. The SMILES string of the molecule is CCCCN(C)C(=O)c1cc(N(C)Cc2ccccc2)ncn1. The van der Waals surface area contributed by atoms with E-state index in [1.807, 2.05) is 37.2 Å². The minimum absolute atomic E-state index is 0.0600. The van der Waals surface area contributed by atoms with Gasteiger partial charge in [0.2, 0.25) is 0 Å². The van der Waals surface area contributed by atoms with E-state index in [9.17, 15) is 4.79 Å². The number of carbonyl (C=O) groups is 1. The highest BCUT2D eigenvalue weighted by molar-refractivity contribution is 5.92. The third kappa shape index (κ3) is 4.77. The highest BCUT2D eigenvalue weighted by Gasteiger charge is 2.14. The van der Waals surface area contributed by atoms with Crippen LogP contribution in [0.1, 0.15) is 35.8 Å². The molecule has 23 heavy (non-hydrogen) atoms. The number of hydrogen-bond donors (Lipinski definition) is 0. The van der Waals surface area contributed by atoms with Crippen LogP contribution in [0.2, 0.25) is 0 Å². The Morgan fingerprint density at radius 3 is 2.57 bits per heavy atom. The van der Waals surface area contributed by atoms with Crippen LogP contribution < -0.4 is 4.90 Å². The molecule has 0 saturated heterocycles. The predicted octanol–water partition coefficient (Wildman–Crippen LogP) is 2.99. The molecule has 1 amide bonds. The van der Waals surface area contributed by atoms with Crippen LogP contribution in [0.5, 0.6) is 0 Å². The zero-order valence-corrected chi connectivity index (χ0v) is 14.1. The van der Waals surface area contributed by atoms with Crippen LogP contribution in [0.25, 0.3) is 0 Å². The molecule has 0 atom stereocenters. The summed E-state index contributed by atoms with van der Waals surface area (Å²) < 4.78 is 0. The normalized spacial score (nSPS) is 10.4. The fourth-order valence-corrected chi connectivity index (χ4v) is 2.30. The highest BCUT2D eigenvalue weighted by Crippen LogP contribution is 2.14. The van der Waals surface area contributed by atoms with Crippen molar-refractivity contribution >= 4 is 11.7 Å². The third-order valence-electron chi connectivity index (χ3n) is 3.72. The van der Waals surface area contributed by atoms with Gasteiger partial charge in [0.15, 0.2) is 0 Å². The van der Waals surface area contributed by atoms with Crippen LogP contribution in [0.3, 0.4) is 0 Å². The van der Waals surface area contributed by atoms with E-state index in [1.54, 1.807) is 11.0 Å². The van der Waals surface area contributed by atoms with Gasteiger partial charge in [0, 0.05) is 33.3 Å². The summed E-state index contributed by atoms with van der Waals surface area (Å²) in [5.74, 6) is 0.686. The van der Waals surface area contributed by atoms with Crippen LogP contribution in [-0.2, 0) is 6.54 Å². The molecule has 0 aliphatic heterocycles. The summed E-state index contributed by atoms with van der Waals surface area (Å²) in [6.07, 6.45) is 3.51. The summed E-state index contributed by atoms with van der Waals surface area (Å²) in [6.45, 7) is 3.59. The number of rotatable bonds is 7. The van der Waals surface area contributed by atoms with E-state index in [0.29, 0.717) is 5.69 Å². The molecule has 0 aliphatic rings. The molecule has 0 saturated carbocycles. The van der Waals surface area contributed by atoms with Gasteiger partial charge in [-0.15, -0.1) is 0 Å². The molecule has 2 aromatic rings. The summed E-state index contributed by atoms with van der Waals surface area (Å²) in [6, 6.07) is 11.9. The molecular weight excluding hydrogens is 288 g/mol. The van der Waals surface area contributed by atoms with Gasteiger partial charge < -0.3 is 9.80 Å². The average Bonchev–Trinajstić information content (AvgIpc) is 2.60. The second-order valence-corrected chi connectivity index (χ2v) is 5.68. The molecule has 1 aromatic heterocycles. The zero-order chi connectivity index (χ0) is 16.7. The molecule has 0 unspecified atom stereocenters. The molecule has 1 aromatic carbocycles. The number of carbonyl (C=O) groups excluding carboxylic acids is 1. The first-order valence-electron chi connectivity index (χ1n) is 7.94. The van der Waals surface area contributed by atoms with Gasteiger partial charge in [-0.2, -0.15) is 0 Å². The molecule has 0 spiro atoms. The second kappa shape index (κ2) is 8.27. The monoisotopic (exact) mass is 312 g/mol. The molecule has 0 radical (unpaired) electrons. The predicted molar refractivity (Wildman–Crippen MR) is 92.4 cm³/mol. The largest absolute Gasteiger partial charge is 0.355 e. The average molecular weight is 312 g/mol. The van der Waals surface area contributed by atoms with Crippen molar-refractivity contribution in [3.8, 4) is 0 Å². The summed E-state index contributed by atoms with van der Waals surface area (Å²) in [5.41, 5.74) is 1.63. The van der Waals surface area contributed by atoms with Crippen molar-refractivity contribution < 1.29 is 4.79 Å². The molecule has 5 nitrogen and oxygen atoms in total. The van der Waals surface area contributed by atoms with Gasteiger partial charge in [-0.3, -0.25) is 4.79 Å². The maximum absolute atomic E-state index is 12.4. The van der Waals surface area contributed by atoms with E-state index >= 15 is 0 Å². The molecule has 0 aliphatic carbocycles. The molecule has 0 fully saturated rings. The van der Waals surface area contributed by atoms with Gasteiger partial charge in [-0.25, -0.2) is 9.97 Å². The van der Waals surface area contributed by atoms with Crippen molar-refractivity contribution in [1.82, 2.24) is 14.9 Å². The standard InChI is InChI=1S/C18H24N4O/c1-4-5-11-21(2)18(23)16-12-17(20-14-19-16)22(3)13-15-9-7-6-8-10-15/h6-10,12,14H,4-5,11,13H2,1-3H3. The quantitative estimate of drug-likeness (QED) is 0.788. The van der Waals surface area contributed by atoms with Crippen molar-refractivity contribution in [2.75, 3.05) is 25.5 Å². The topological polar surface area (TPSA) is 49.3 Å². The highest BCUT2D eigenvalue weighted by atomic mass is 16.2. The zero-order valence-electron chi connectivity index (χ0n) is 14.1. The summed E-state index contributed by atoms with van der Waals surface area (Å²) in [5, 5.41) is 0. The lowest BCUT2D eigenvalue weighted by Crippen LogP contribution is -2.29. The molecule has 2 rings (SSSR count). The molecular formula is C18H24N4O. The van der Waals surface area contributed by atoms with Crippen molar-refractivity contribution in [2.24, 2.45) is 0 Å². The lowest BCUT2D eigenvalue weighted by Gasteiger charge is -2.20. The fraction of sp³-hybridized carbons (Fsp3) is 0.389. The van der Waals surface area contributed by atoms with Gasteiger partial charge >= 0.3 is 0 Å². The maximum Gasteiger partial charge on any atom is 0.272 e. The van der Waals surface area contributed by atoms with Gasteiger partial charge in [-0.1, -0.05) is 43.7 Å². The summed E-state index contributed by atoms with van der Waals surface area (Å²) in [4.78, 5) is 24.5. The third-order valence-corrected chi connectivity index (χ3v) is 3.72. The van der Waals surface area contributed by atoms with Gasteiger partial charge in [0.25, 0.3) is 5.91 Å². The van der Waals surface area contributed by atoms with Crippen LogP contribution >= 0.6 is 0 Å². The molecule has 5 heteroatoms. The Morgan fingerprint density at radius 2 is 1.87 bits per heavy atom. The van der Waals surface area contributed by atoms with Gasteiger partial charge in [0.1, 0.15) is 17.8 Å². The smallest absolute Gasteiger partial charge is 0.272 e. The number of anilines is 1. The fourth-order valence-electron chi connectivity index (χ4n) is 2.30. The number of nitrogens with zero attached hydrogens (tertiary/aromatic N) is 4. The summed E-state index contributed by atoms with van der Waals surface area (Å²) in [7, 11) is 3.78. The minimum Gasteiger partial charge on any atom is -0.355 e. The summed E-state index contributed by atoms with van der Waals surface area (Å²) >= 11 is 0. The van der Waals surface area contributed by atoms with E-state index in [-0.39, 0.29) is 5.91 Å². The van der Waals surface area contributed by atoms with Crippen LogP contribution in [-0.4, -0.2) is 41.4 Å². The van der Waals surface area contributed by atoms with Gasteiger partial charge in [0.05, 0.1) is 0 Å². The van der Waals surface area contributed by atoms with Crippen molar-refractivity contribution in [2.45, 2.75) is 26.3 Å². The Labute approximate surface area is 138 Å². The molecule has 122 valence electrons. The van der Waals surface area contributed by atoms with E-state index in [1.165, 1.54) is 11.9 Å². The molecule has 0 bridgehead atoms. The molecule has 1 heterocycles. The number of unbranched alkanes of at least 4 members (excludes halogenated alkanes) is 1. The first-order valence-corrected chi connectivity index (χ1v) is 7.94. The van der Waals surface area contributed by atoms with E-state index in [2.05, 4.69) is 29.0 Å². The van der Waals surface area contributed by atoms with Crippen molar-refractivity contribution in [1.29, 1.82) is 0 Å². The minimum atomic E-state index is -0.0600. The Kier molecular flexibility index (Phi) is 6.09. The lowest BCUT2D eigenvalue weighted by atomic mass is 10.2. The number of amides is 1. The maximum atomic E-state index is 12.4. The Morgan fingerprint density at radius 1 is 1.13 bits per heavy atom. The first-order chi connectivity index (χ1) is 11.1. The Hall–Kier alpha value is -2.43. The number of hydrogen-bond acceptors (Lipinski definition) is 4. The van der Waals surface area contributed by atoms with Crippen LogP contribution in [0.4, 0.5) is 5.82 Å². The van der Waals surface area contributed by atoms with E-state index < -0.39 is 0 Å². The van der Waals surface area contributed by atoms with Crippen LogP contribution in [0.15, 0.2) is 42.7 Å². The number of aromatic nitrogens is 2. The van der Waals surface area contributed by atoms with Crippen molar-refractivity contribution in [3.63, 3.8) is 0 Å². The first kappa shape index (κ1) is 16.9. The van der Waals surface area contributed by atoms with Crippen molar-refractivity contribution in [3.05, 3.63) is 54.0 Å². The second-order valence-electron chi connectivity index (χ2n) is 5.68.